The van der Waals surface area contributed by atoms with E-state index >= 15 is 0 Å². The topological polar surface area (TPSA) is 95.1 Å². The number of carbonyl (C=O) groups excluding carboxylic acids is 1. The lowest BCUT2D eigenvalue weighted by Crippen LogP contribution is -2.29. The molecule has 6 nitrogen and oxygen atoms in total. The van der Waals surface area contributed by atoms with Crippen LogP contribution in [-0.4, -0.2) is 21.0 Å². The predicted octanol–water partition coefficient (Wildman–Crippen LogP) is 2.21. The summed E-state index contributed by atoms with van der Waals surface area (Å²) in [6, 6.07) is 10.1. The molecular formula is C16H12ClN3O3. The molecular weight excluding hydrogens is 318 g/mol. The molecule has 3 rings (SSSR count). The van der Waals surface area contributed by atoms with Crippen molar-refractivity contribution in [3.63, 3.8) is 0 Å². The van der Waals surface area contributed by atoms with Gasteiger partial charge >= 0.3 is 0 Å². The highest BCUT2D eigenvalue weighted by molar-refractivity contribution is 6.30. The average molecular weight is 330 g/mol. The summed E-state index contributed by atoms with van der Waals surface area (Å²) in [6.45, 7) is 0.208. The Bertz CT molecular complexity index is 935. The standard InChI is InChI=1S/C16H12ClN3O3/c17-10-5-3-9(4-6-10)8-19-15(22)12-13(21)11-2-1-7-18-14(11)20-16(12)23/h1-7H,8H2,(H,19,22)(H2,18,20,21,23). The number of nitrogens with zero attached hydrogens (tertiary/aromatic N) is 1. The minimum atomic E-state index is -0.692. The van der Waals surface area contributed by atoms with Gasteiger partial charge in [0.2, 0.25) is 0 Å². The maximum Gasteiger partial charge on any atom is 0.266 e. The van der Waals surface area contributed by atoms with Crippen LogP contribution in [0.2, 0.25) is 5.02 Å². The largest absolute Gasteiger partial charge is 0.506 e. The molecule has 1 amide bonds. The number of halogens is 1. The van der Waals surface area contributed by atoms with Gasteiger partial charge in [-0.1, -0.05) is 23.7 Å². The normalized spacial score (nSPS) is 10.7. The molecule has 116 valence electrons. The van der Waals surface area contributed by atoms with Gasteiger partial charge in [-0.05, 0) is 29.8 Å². The van der Waals surface area contributed by atoms with Gasteiger partial charge in [0.15, 0.2) is 0 Å². The van der Waals surface area contributed by atoms with E-state index in [9.17, 15) is 14.7 Å². The molecule has 0 fully saturated rings. The number of aromatic hydroxyl groups is 1. The number of aromatic amines is 1. The number of benzene rings is 1. The summed E-state index contributed by atoms with van der Waals surface area (Å²) < 4.78 is 0. The minimum Gasteiger partial charge on any atom is -0.506 e. The van der Waals surface area contributed by atoms with E-state index in [1.807, 2.05) is 0 Å². The molecule has 2 aromatic heterocycles. The second-order valence-electron chi connectivity index (χ2n) is 4.89. The number of fused-ring (bicyclic) bond motifs is 1. The predicted molar refractivity (Wildman–Crippen MR) is 86.7 cm³/mol. The summed E-state index contributed by atoms with van der Waals surface area (Å²) in [7, 11) is 0. The lowest BCUT2D eigenvalue weighted by molar-refractivity contribution is 0.0947. The average Bonchev–Trinajstić information content (AvgIpc) is 2.54. The first kappa shape index (κ1) is 15.1. The van der Waals surface area contributed by atoms with Crippen LogP contribution in [0.5, 0.6) is 5.75 Å². The molecule has 0 bridgehead atoms. The molecule has 1 aromatic carbocycles. The third kappa shape index (κ3) is 3.02. The van der Waals surface area contributed by atoms with Crippen molar-refractivity contribution in [3.05, 3.63) is 69.1 Å². The van der Waals surface area contributed by atoms with Crippen molar-refractivity contribution in [1.29, 1.82) is 0 Å². The Morgan fingerprint density at radius 1 is 1.26 bits per heavy atom. The fourth-order valence-electron chi connectivity index (χ4n) is 2.19. The van der Waals surface area contributed by atoms with Crippen molar-refractivity contribution >= 4 is 28.5 Å². The van der Waals surface area contributed by atoms with Crippen molar-refractivity contribution in [3.8, 4) is 5.75 Å². The Kier molecular flexibility index (Phi) is 3.99. The highest BCUT2D eigenvalue weighted by atomic mass is 35.5. The van der Waals surface area contributed by atoms with E-state index in [0.717, 1.165) is 5.56 Å². The third-order valence-electron chi connectivity index (χ3n) is 3.35. The zero-order chi connectivity index (χ0) is 16.4. The fourth-order valence-corrected chi connectivity index (χ4v) is 2.32. The highest BCUT2D eigenvalue weighted by Crippen LogP contribution is 2.23. The molecule has 0 spiro atoms. The molecule has 3 N–H and O–H groups in total. The zero-order valence-electron chi connectivity index (χ0n) is 11.8. The summed E-state index contributed by atoms with van der Waals surface area (Å²) in [4.78, 5) is 30.7. The van der Waals surface area contributed by atoms with Gasteiger partial charge in [-0.15, -0.1) is 0 Å². The van der Waals surface area contributed by atoms with Crippen LogP contribution < -0.4 is 10.9 Å². The second kappa shape index (κ2) is 6.10. The lowest BCUT2D eigenvalue weighted by Gasteiger charge is -2.08. The van der Waals surface area contributed by atoms with Crippen molar-refractivity contribution in [2.24, 2.45) is 0 Å². The Labute approximate surface area is 135 Å². The molecule has 0 aliphatic heterocycles. The van der Waals surface area contributed by atoms with Gasteiger partial charge < -0.3 is 15.4 Å². The van der Waals surface area contributed by atoms with Crippen LogP contribution in [0.1, 0.15) is 15.9 Å². The van der Waals surface area contributed by atoms with Gasteiger partial charge in [-0.3, -0.25) is 9.59 Å². The van der Waals surface area contributed by atoms with Crippen LogP contribution in [0.15, 0.2) is 47.4 Å². The molecule has 0 unspecified atom stereocenters. The summed E-state index contributed by atoms with van der Waals surface area (Å²) in [5, 5.41) is 13.7. The van der Waals surface area contributed by atoms with E-state index < -0.39 is 11.5 Å². The van der Waals surface area contributed by atoms with E-state index in [1.165, 1.54) is 6.20 Å². The highest BCUT2D eigenvalue weighted by Gasteiger charge is 2.19. The quantitative estimate of drug-likeness (QED) is 0.686. The molecule has 0 aliphatic rings. The number of nitrogens with one attached hydrogen (secondary N) is 2. The Morgan fingerprint density at radius 3 is 2.74 bits per heavy atom. The molecule has 0 radical (unpaired) electrons. The number of rotatable bonds is 3. The van der Waals surface area contributed by atoms with Gasteiger partial charge in [-0.25, -0.2) is 4.98 Å². The van der Waals surface area contributed by atoms with Crippen molar-refractivity contribution < 1.29 is 9.90 Å². The number of pyridine rings is 2. The van der Waals surface area contributed by atoms with Crippen LogP contribution >= 0.6 is 11.6 Å². The van der Waals surface area contributed by atoms with E-state index in [2.05, 4.69) is 15.3 Å². The zero-order valence-corrected chi connectivity index (χ0v) is 12.6. The van der Waals surface area contributed by atoms with Gasteiger partial charge in [0.25, 0.3) is 11.5 Å². The van der Waals surface area contributed by atoms with Crippen molar-refractivity contribution in [2.75, 3.05) is 0 Å². The van der Waals surface area contributed by atoms with E-state index in [-0.39, 0.29) is 23.5 Å². The number of aromatic nitrogens is 2. The molecule has 0 aliphatic carbocycles. The first-order valence-corrected chi connectivity index (χ1v) is 7.16. The van der Waals surface area contributed by atoms with Crippen LogP contribution in [-0.2, 0) is 6.54 Å². The van der Waals surface area contributed by atoms with E-state index in [0.29, 0.717) is 10.4 Å². The summed E-state index contributed by atoms with van der Waals surface area (Å²) in [5.41, 5.74) is 0.0205. The molecule has 0 saturated heterocycles. The number of carbonyl (C=O) groups is 1. The monoisotopic (exact) mass is 329 g/mol. The summed E-state index contributed by atoms with van der Waals surface area (Å²) in [6.07, 6.45) is 1.48. The van der Waals surface area contributed by atoms with Gasteiger partial charge in [0.05, 0.1) is 5.39 Å². The van der Waals surface area contributed by atoms with Crippen LogP contribution in [0.3, 0.4) is 0 Å². The number of hydrogen-bond acceptors (Lipinski definition) is 4. The number of amides is 1. The Balaban J connectivity index is 1.89. The Hall–Kier alpha value is -2.86. The second-order valence-corrected chi connectivity index (χ2v) is 5.32. The molecule has 0 atom stereocenters. The van der Waals surface area contributed by atoms with Gasteiger partial charge in [0.1, 0.15) is 17.0 Å². The van der Waals surface area contributed by atoms with E-state index in [1.54, 1.807) is 36.4 Å². The molecule has 7 heteroatoms. The summed E-state index contributed by atoms with van der Waals surface area (Å²) >= 11 is 5.80. The van der Waals surface area contributed by atoms with E-state index in [4.69, 9.17) is 11.6 Å². The fraction of sp³-hybridized carbons (Fsp3) is 0.0625. The van der Waals surface area contributed by atoms with Crippen LogP contribution in [0, 0.1) is 0 Å². The Morgan fingerprint density at radius 2 is 2.00 bits per heavy atom. The van der Waals surface area contributed by atoms with Gasteiger partial charge in [0, 0.05) is 17.8 Å². The molecule has 2 heterocycles. The maximum atomic E-state index is 12.2. The van der Waals surface area contributed by atoms with Crippen molar-refractivity contribution in [1.82, 2.24) is 15.3 Å². The maximum absolute atomic E-state index is 12.2. The van der Waals surface area contributed by atoms with Crippen LogP contribution in [0.4, 0.5) is 0 Å². The number of H-pyrrole nitrogens is 1. The lowest BCUT2D eigenvalue weighted by atomic mass is 10.1. The SMILES string of the molecule is O=C(NCc1ccc(Cl)cc1)c1c(O)c2cccnc2[nH]c1=O. The first-order valence-electron chi connectivity index (χ1n) is 6.79. The molecule has 23 heavy (non-hydrogen) atoms. The molecule has 0 saturated carbocycles. The minimum absolute atomic E-state index is 0.208. The molecule has 3 aromatic rings. The smallest absolute Gasteiger partial charge is 0.266 e. The summed E-state index contributed by atoms with van der Waals surface area (Å²) in [5.74, 6) is -1.05. The van der Waals surface area contributed by atoms with Crippen molar-refractivity contribution in [2.45, 2.75) is 6.54 Å². The number of hydrogen-bond donors (Lipinski definition) is 3. The third-order valence-corrected chi connectivity index (χ3v) is 3.60. The van der Waals surface area contributed by atoms with Gasteiger partial charge in [-0.2, -0.15) is 0 Å². The first-order chi connectivity index (χ1) is 11.1. The van der Waals surface area contributed by atoms with Crippen LogP contribution in [0.25, 0.3) is 11.0 Å².